The molecular weight excluding hydrogens is 256 g/mol. The van der Waals surface area contributed by atoms with Gasteiger partial charge in [-0.1, -0.05) is 19.3 Å². The Morgan fingerprint density at radius 2 is 2.24 bits per heavy atom. The average molecular weight is 273 g/mol. The van der Waals surface area contributed by atoms with Gasteiger partial charge in [0.05, 0.1) is 11.7 Å². The summed E-state index contributed by atoms with van der Waals surface area (Å²) in [5, 5.41) is 0. The van der Waals surface area contributed by atoms with Crippen LogP contribution in [0.1, 0.15) is 41.8 Å². The Hall–Kier alpha value is -0.610. The summed E-state index contributed by atoms with van der Waals surface area (Å²) in [6.45, 7) is 0.642. The molecule has 3 nitrogen and oxygen atoms in total. The first-order valence-electron chi connectivity index (χ1n) is 6.08. The third-order valence-corrected chi connectivity index (χ3v) is 4.17. The van der Waals surface area contributed by atoms with E-state index in [2.05, 4.69) is 4.98 Å². The summed E-state index contributed by atoms with van der Waals surface area (Å²) in [5.74, 6) is 0.598. The summed E-state index contributed by atoms with van der Waals surface area (Å²) >= 11 is 7.22. The van der Waals surface area contributed by atoms with Gasteiger partial charge in [-0.05, 0) is 12.8 Å². The Kier molecular flexibility index (Phi) is 4.80. The first-order valence-corrected chi connectivity index (χ1v) is 7.49. The summed E-state index contributed by atoms with van der Waals surface area (Å²) in [6.07, 6.45) is 7.61. The molecule has 0 unspecified atom stereocenters. The molecule has 1 aliphatic rings. The molecule has 0 saturated heterocycles. The van der Waals surface area contributed by atoms with Gasteiger partial charge in [-0.3, -0.25) is 9.78 Å². The molecule has 0 radical (unpaired) electrons. The van der Waals surface area contributed by atoms with Gasteiger partial charge in [-0.2, -0.15) is 0 Å². The number of rotatable bonds is 4. The molecule has 1 fully saturated rings. The lowest BCUT2D eigenvalue weighted by Gasteiger charge is -2.33. The van der Waals surface area contributed by atoms with E-state index >= 15 is 0 Å². The number of alkyl halides is 1. The van der Waals surface area contributed by atoms with Crippen LogP contribution in [0.15, 0.2) is 11.7 Å². The van der Waals surface area contributed by atoms with Gasteiger partial charge in [0.25, 0.3) is 5.91 Å². The predicted octanol–water partition coefficient (Wildman–Crippen LogP) is 3.16. The molecule has 94 valence electrons. The standard InChI is InChI=1S/C12H17ClN2OS/c13-6-7-15(10-4-2-1-3-5-10)12(16)11-8-14-9-17-11/h8-10H,1-7H2. The minimum atomic E-state index is 0.0973. The molecule has 5 heteroatoms. The number of carbonyl (C=O) groups is 1. The molecule has 1 heterocycles. The van der Waals surface area contributed by atoms with Crippen molar-refractivity contribution in [3.63, 3.8) is 0 Å². The first-order chi connectivity index (χ1) is 8.33. The van der Waals surface area contributed by atoms with E-state index in [0.29, 0.717) is 18.5 Å². The van der Waals surface area contributed by atoms with Crippen LogP contribution in [0, 0.1) is 0 Å². The second-order valence-electron chi connectivity index (χ2n) is 4.35. The number of hydrogen-bond donors (Lipinski definition) is 0. The van der Waals surface area contributed by atoms with Crippen molar-refractivity contribution in [3.05, 3.63) is 16.6 Å². The number of hydrogen-bond acceptors (Lipinski definition) is 3. The maximum absolute atomic E-state index is 12.3. The zero-order valence-corrected chi connectivity index (χ0v) is 11.3. The highest BCUT2D eigenvalue weighted by Gasteiger charge is 2.26. The number of nitrogens with zero attached hydrogens (tertiary/aromatic N) is 2. The summed E-state index contributed by atoms with van der Waals surface area (Å²) in [4.78, 5) is 19.0. The molecule has 0 aromatic carbocycles. The third-order valence-electron chi connectivity index (χ3n) is 3.24. The molecule has 1 saturated carbocycles. The Bertz CT molecular complexity index is 349. The highest BCUT2D eigenvalue weighted by molar-refractivity contribution is 7.11. The van der Waals surface area contributed by atoms with E-state index in [1.807, 2.05) is 4.90 Å². The molecule has 1 aromatic heterocycles. The fourth-order valence-corrected chi connectivity index (χ4v) is 3.15. The van der Waals surface area contributed by atoms with Crippen LogP contribution in [0.3, 0.4) is 0 Å². The van der Waals surface area contributed by atoms with Crippen LogP contribution in [0.25, 0.3) is 0 Å². The summed E-state index contributed by atoms with van der Waals surface area (Å²) in [5.41, 5.74) is 1.70. The fraction of sp³-hybridized carbons (Fsp3) is 0.667. The van der Waals surface area contributed by atoms with E-state index in [4.69, 9.17) is 11.6 Å². The Morgan fingerprint density at radius 3 is 2.82 bits per heavy atom. The van der Waals surface area contributed by atoms with Crippen molar-refractivity contribution in [1.82, 2.24) is 9.88 Å². The Morgan fingerprint density at radius 1 is 1.47 bits per heavy atom. The smallest absolute Gasteiger partial charge is 0.265 e. The highest BCUT2D eigenvalue weighted by atomic mass is 35.5. The lowest BCUT2D eigenvalue weighted by Crippen LogP contribution is -2.42. The number of amides is 1. The molecule has 1 aromatic rings. The zero-order valence-electron chi connectivity index (χ0n) is 9.77. The van der Waals surface area contributed by atoms with Crippen molar-refractivity contribution >= 4 is 28.8 Å². The van der Waals surface area contributed by atoms with Crippen molar-refractivity contribution in [2.45, 2.75) is 38.1 Å². The van der Waals surface area contributed by atoms with Gasteiger partial charge in [0, 0.05) is 18.5 Å². The normalized spacial score (nSPS) is 17.0. The molecule has 0 spiro atoms. The molecular formula is C12H17ClN2OS. The van der Waals surface area contributed by atoms with E-state index in [1.54, 1.807) is 11.7 Å². The van der Waals surface area contributed by atoms with Gasteiger partial charge in [0.15, 0.2) is 0 Å². The first kappa shape index (κ1) is 12.8. The quantitative estimate of drug-likeness (QED) is 0.789. The third kappa shape index (κ3) is 3.19. The van der Waals surface area contributed by atoms with Crippen LogP contribution in [-0.2, 0) is 0 Å². The summed E-state index contributed by atoms with van der Waals surface area (Å²) < 4.78 is 0. The van der Waals surface area contributed by atoms with Crippen molar-refractivity contribution < 1.29 is 4.79 Å². The van der Waals surface area contributed by atoms with Crippen LogP contribution in [0.4, 0.5) is 0 Å². The lowest BCUT2D eigenvalue weighted by molar-refractivity contribution is 0.0654. The average Bonchev–Trinajstić information content (AvgIpc) is 2.90. The number of thiazole rings is 1. The molecule has 17 heavy (non-hydrogen) atoms. The SMILES string of the molecule is O=C(c1cncs1)N(CCCl)C1CCCCC1. The van der Waals surface area contributed by atoms with Crippen molar-refractivity contribution in [2.24, 2.45) is 0 Å². The Labute approximate surface area is 111 Å². The van der Waals surface area contributed by atoms with Crippen LogP contribution < -0.4 is 0 Å². The largest absolute Gasteiger partial charge is 0.334 e. The predicted molar refractivity (Wildman–Crippen MR) is 70.7 cm³/mol. The highest BCUT2D eigenvalue weighted by Crippen LogP contribution is 2.24. The maximum atomic E-state index is 12.3. The van der Waals surface area contributed by atoms with Crippen molar-refractivity contribution in [2.75, 3.05) is 12.4 Å². The number of aromatic nitrogens is 1. The number of carbonyl (C=O) groups excluding carboxylic acids is 1. The summed E-state index contributed by atoms with van der Waals surface area (Å²) in [7, 11) is 0. The molecule has 1 aliphatic carbocycles. The molecule has 0 atom stereocenters. The monoisotopic (exact) mass is 272 g/mol. The molecule has 0 aliphatic heterocycles. The van der Waals surface area contributed by atoms with Gasteiger partial charge in [0.2, 0.25) is 0 Å². The zero-order chi connectivity index (χ0) is 12.1. The molecule has 1 amide bonds. The lowest BCUT2D eigenvalue weighted by atomic mass is 9.94. The van der Waals surface area contributed by atoms with Gasteiger partial charge in [0.1, 0.15) is 4.88 Å². The van der Waals surface area contributed by atoms with E-state index in [1.165, 1.54) is 30.6 Å². The van der Waals surface area contributed by atoms with Crippen molar-refractivity contribution in [3.8, 4) is 0 Å². The Balaban J connectivity index is 2.07. The minimum Gasteiger partial charge on any atom is -0.334 e. The van der Waals surface area contributed by atoms with Crippen LogP contribution in [0.2, 0.25) is 0 Å². The summed E-state index contributed by atoms with van der Waals surface area (Å²) in [6, 6.07) is 0.372. The molecule has 2 rings (SSSR count). The van der Waals surface area contributed by atoms with Gasteiger partial charge >= 0.3 is 0 Å². The molecule has 0 bridgehead atoms. The van der Waals surface area contributed by atoms with Gasteiger partial charge in [-0.25, -0.2) is 0 Å². The minimum absolute atomic E-state index is 0.0973. The van der Waals surface area contributed by atoms with Gasteiger partial charge < -0.3 is 4.90 Å². The fourth-order valence-electron chi connectivity index (χ4n) is 2.40. The maximum Gasteiger partial charge on any atom is 0.265 e. The van der Waals surface area contributed by atoms with E-state index in [9.17, 15) is 4.79 Å². The van der Waals surface area contributed by atoms with Gasteiger partial charge in [-0.15, -0.1) is 22.9 Å². The van der Waals surface area contributed by atoms with Crippen LogP contribution in [0.5, 0.6) is 0 Å². The second-order valence-corrected chi connectivity index (χ2v) is 5.61. The van der Waals surface area contributed by atoms with E-state index in [0.717, 1.165) is 17.7 Å². The van der Waals surface area contributed by atoms with Crippen LogP contribution in [-0.4, -0.2) is 34.3 Å². The van der Waals surface area contributed by atoms with E-state index in [-0.39, 0.29) is 5.91 Å². The number of halogens is 1. The van der Waals surface area contributed by atoms with E-state index < -0.39 is 0 Å². The van der Waals surface area contributed by atoms with Crippen LogP contribution >= 0.6 is 22.9 Å². The topological polar surface area (TPSA) is 33.2 Å². The van der Waals surface area contributed by atoms with Crippen molar-refractivity contribution in [1.29, 1.82) is 0 Å². The molecule has 0 N–H and O–H groups in total. The second kappa shape index (κ2) is 6.36.